The number of phenols is 3. The van der Waals surface area contributed by atoms with Crippen molar-refractivity contribution in [2.24, 2.45) is 0 Å². The van der Waals surface area contributed by atoms with Gasteiger partial charge in [-0.05, 0) is 72.8 Å². The van der Waals surface area contributed by atoms with Crippen molar-refractivity contribution < 1.29 is 54.2 Å². The van der Waals surface area contributed by atoms with Gasteiger partial charge in [0.25, 0.3) is 30.4 Å². The molecule has 6 N–H and O–H groups in total. The van der Waals surface area contributed by atoms with Crippen LogP contribution in [-0.2, 0) is 50.0 Å². The largest absolute Gasteiger partial charge is 0.506 e. The smallest absolute Gasteiger partial charge is 0.295 e. The van der Waals surface area contributed by atoms with E-state index in [0.29, 0.717) is 56.4 Å². The Morgan fingerprint density at radius 2 is 0.649 bits per heavy atom. The van der Waals surface area contributed by atoms with Crippen molar-refractivity contribution in [3.8, 4) is 17.2 Å². The van der Waals surface area contributed by atoms with E-state index in [2.05, 4.69) is 29.7 Å². The Hall–Kier alpha value is -5.10. The van der Waals surface area contributed by atoms with Crippen molar-refractivity contribution in [3.63, 3.8) is 0 Å². The summed E-state index contributed by atoms with van der Waals surface area (Å²) in [6.45, 7) is 3.80. The molecule has 0 bridgehead atoms. The molecule has 3 aromatic carbocycles. The van der Waals surface area contributed by atoms with Crippen LogP contribution in [0.5, 0.6) is 17.2 Å². The summed E-state index contributed by atoms with van der Waals surface area (Å²) in [5, 5.41) is 31.8. The molecule has 0 atom stereocenters. The summed E-state index contributed by atoms with van der Waals surface area (Å²) < 4.78 is 101. The molecule has 4 heterocycles. The Bertz CT molecular complexity index is 2570. The first-order chi connectivity index (χ1) is 26.8. The van der Waals surface area contributed by atoms with Gasteiger partial charge >= 0.3 is 0 Å². The van der Waals surface area contributed by atoms with Gasteiger partial charge in [-0.2, -0.15) is 25.3 Å². The minimum atomic E-state index is -4.60. The highest BCUT2D eigenvalue weighted by molar-refractivity contribution is 7.86. The summed E-state index contributed by atoms with van der Waals surface area (Å²) in [4.78, 5) is 18.7. The minimum absolute atomic E-state index is 0.000665. The van der Waals surface area contributed by atoms with Crippen LogP contribution >= 0.6 is 0 Å². The lowest BCUT2D eigenvalue weighted by molar-refractivity contribution is 0.207. The molecule has 0 saturated carbocycles. The number of phenolic OH excluding ortho intramolecular Hbond substituents is 3. The normalized spacial score (nSPS) is 15.8. The minimum Gasteiger partial charge on any atom is -0.506 e. The predicted molar refractivity (Wildman–Crippen MR) is 205 cm³/mol. The fraction of sp³-hybridized carbons (Fsp3) is 0.250. The van der Waals surface area contributed by atoms with E-state index in [-0.39, 0.29) is 69.6 Å². The van der Waals surface area contributed by atoms with Gasteiger partial charge in [0.2, 0.25) is 0 Å². The van der Waals surface area contributed by atoms with Crippen molar-refractivity contribution in [1.29, 1.82) is 0 Å². The van der Waals surface area contributed by atoms with Gasteiger partial charge < -0.3 is 15.3 Å². The number of benzene rings is 3. The lowest BCUT2D eigenvalue weighted by Crippen LogP contribution is -2.35. The lowest BCUT2D eigenvalue weighted by atomic mass is 10.1. The summed E-state index contributed by atoms with van der Waals surface area (Å²) in [5.74, 6) is -0.802. The van der Waals surface area contributed by atoms with E-state index >= 15 is 0 Å². The average molecular weight is 841 g/mol. The van der Waals surface area contributed by atoms with E-state index in [0.717, 1.165) is 36.4 Å². The van der Waals surface area contributed by atoms with Crippen LogP contribution in [0.1, 0.15) is 17.1 Å². The highest BCUT2D eigenvalue weighted by atomic mass is 32.2. The Morgan fingerprint density at radius 3 is 0.877 bits per heavy atom. The fourth-order valence-electron chi connectivity index (χ4n) is 6.94. The summed E-state index contributed by atoms with van der Waals surface area (Å²) in [7, 11) is -13.8. The second-order valence-electron chi connectivity index (χ2n) is 13.6. The zero-order valence-electron chi connectivity index (χ0n) is 29.8. The van der Waals surface area contributed by atoms with Crippen molar-refractivity contribution >= 4 is 63.1 Å². The summed E-state index contributed by atoms with van der Waals surface area (Å²) in [5.41, 5.74) is 1.52. The van der Waals surface area contributed by atoms with E-state index in [1.807, 2.05) is 0 Å². The number of aromatic nitrogens is 3. The van der Waals surface area contributed by atoms with Crippen molar-refractivity contribution in [2.75, 3.05) is 39.3 Å². The first-order valence-electron chi connectivity index (χ1n) is 17.3. The lowest BCUT2D eigenvalue weighted by Gasteiger charge is -2.25. The Morgan fingerprint density at radius 1 is 0.404 bits per heavy atom. The molecule has 57 heavy (non-hydrogen) atoms. The standard InChI is InChI=1S/C36H36N6O12S3/c43-28-7-10-31(55(46,47)48)25-4-1-22(37-34(25)28)19-40-13-15-41(20-23-2-5-26-32(56(49,50)51)11-8-29(44)35(26)38-23)17-18-42(16-14-40)21-24-3-6-27-33(57(52,53)54)12-9-30(45)36(27)39-24/h1-12,43-45H,13-21H2,(H,46,47,48)(H,49,50,51)(H,52,53,54). The third kappa shape index (κ3) is 8.76. The molecule has 0 amide bonds. The van der Waals surface area contributed by atoms with Gasteiger partial charge in [0.15, 0.2) is 0 Å². The Balaban J connectivity index is 1.19. The van der Waals surface area contributed by atoms with Crippen LogP contribution < -0.4 is 0 Å². The quantitative estimate of drug-likeness (QED) is 0.114. The molecule has 1 saturated heterocycles. The number of hydrogen-bond acceptors (Lipinski definition) is 15. The Labute approximate surface area is 326 Å². The molecule has 0 spiro atoms. The van der Waals surface area contributed by atoms with E-state index in [4.69, 9.17) is 0 Å². The summed E-state index contributed by atoms with van der Waals surface area (Å²) >= 11 is 0. The van der Waals surface area contributed by atoms with Crippen LogP contribution in [-0.4, -0.2) is 123 Å². The van der Waals surface area contributed by atoms with Gasteiger partial charge in [0.05, 0.1) is 17.1 Å². The number of pyridine rings is 3. The topological polar surface area (TPSA) is 272 Å². The van der Waals surface area contributed by atoms with Gasteiger partial charge in [-0.25, -0.2) is 15.0 Å². The first kappa shape index (κ1) is 40.1. The van der Waals surface area contributed by atoms with Gasteiger partial charge in [-0.3, -0.25) is 28.4 Å². The molecule has 0 unspecified atom stereocenters. The van der Waals surface area contributed by atoms with Gasteiger partial charge in [0.1, 0.15) is 48.5 Å². The number of aromatic hydroxyl groups is 3. The van der Waals surface area contributed by atoms with E-state index in [9.17, 15) is 54.2 Å². The molecular weight excluding hydrogens is 805 g/mol. The second kappa shape index (κ2) is 15.3. The maximum Gasteiger partial charge on any atom is 0.295 e. The Kier molecular flexibility index (Phi) is 10.8. The fourth-order valence-corrected chi connectivity index (χ4v) is 8.98. The zero-order chi connectivity index (χ0) is 40.9. The molecule has 18 nitrogen and oxygen atoms in total. The van der Waals surface area contributed by atoms with Crippen LogP contribution in [0.15, 0.2) is 87.5 Å². The molecule has 1 fully saturated rings. The molecule has 7 rings (SSSR count). The summed E-state index contributed by atoms with van der Waals surface area (Å²) in [6, 6.07) is 16.0. The van der Waals surface area contributed by atoms with Gasteiger partial charge in [-0.1, -0.05) is 0 Å². The molecule has 6 aromatic rings. The van der Waals surface area contributed by atoms with Crippen LogP contribution in [0, 0.1) is 0 Å². The van der Waals surface area contributed by atoms with Crippen molar-refractivity contribution in [1.82, 2.24) is 29.7 Å². The predicted octanol–water partition coefficient (Wildman–Crippen LogP) is 3.01. The van der Waals surface area contributed by atoms with Crippen LogP contribution in [0.3, 0.4) is 0 Å². The van der Waals surface area contributed by atoms with Gasteiger partial charge in [-0.15, -0.1) is 0 Å². The molecule has 1 aliphatic heterocycles. The molecule has 21 heteroatoms. The third-order valence-corrected chi connectivity index (χ3v) is 12.5. The number of nitrogens with zero attached hydrogens (tertiary/aromatic N) is 6. The molecule has 3 aromatic heterocycles. The molecule has 0 radical (unpaired) electrons. The average Bonchev–Trinajstić information content (AvgIpc) is 3.22. The molecule has 300 valence electrons. The third-order valence-electron chi connectivity index (χ3n) is 9.75. The van der Waals surface area contributed by atoms with Crippen LogP contribution in [0.25, 0.3) is 32.7 Å². The van der Waals surface area contributed by atoms with E-state index in [1.165, 1.54) is 18.2 Å². The number of fused-ring (bicyclic) bond motifs is 3. The van der Waals surface area contributed by atoms with Crippen molar-refractivity contribution in [3.05, 3.63) is 89.9 Å². The maximum atomic E-state index is 12.0. The van der Waals surface area contributed by atoms with Crippen LogP contribution in [0.4, 0.5) is 0 Å². The number of hydrogen-bond donors (Lipinski definition) is 6. The SMILES string of the molecule is O=S(=O)(O)c1ccc(O)c2nc(CN3CCN(Cc4ccc5c(S(=O)(=O)O)ccc(O)c5n4)CCN(Cc4ccc5c(S(=O)(=O)O)ccc(O)c5n4)CC3)ccc12. The van der Waals surface area contributed by atoms with E-state index in [1.54, 1.807) is 18.2 Å². The van der Waals surface area contributed by atoms with Crippen molar-refractivity contribution in [2.45, 2.75) is 34.3 Å². The molecule has 0 aliphatic carbocycles. The van der Waals surface area contributed by atoms with E-state index < -0.39 is 45.0 Å². The zero-order valence-corrected chi connectivity index (χ0v) is 32.3. The molecule has 1 aliphatic rings. The van der Waals surface area contributed by atoms with Gasteiger partial charge in [0, 0.05) is 75.1 Å². The maximum absolute atomic E-state index is 12.0. The highest BCUT2D eigenvalue weighted by Crippen LogP contribution is 2.32. The first-order valence-corrected chi connectivity index (χ1v) is 21.6. The monoisotopic (exact) mass is 840 g/mol. The number of rotatable bonds is 9. The van der Waals surface area contributed by atoms with Crippen LogP contribution in [0.2, 0.25) is 0 Å². The highest BCUT2D eigenvalue weighted by Gasteiger charge is 2.23. The second-order valence-corrected chi connectivity index (χ2v) is 17.8. The molecular formula is C36H36N6O12S3. The summed E-state index contributed by atoms with van der Waals surface area (Å²) in [6.07, 6.45) is 0.